The van der Waals surface area contributed by atoms with Gasteiger partial charge < -0.3 is 5.73 Å². The van der Waals surface area contributed by atoms with Crippen molar-refractivity contribution in [2.75, 3.05) is 7.05 Å². The number of likely N-dealkylation sites (N-methyl/N-ethyl adjacent to an activating group) is 1. The zero-order chi connectivity index (χ0) is 21.7. The van der Waals surface area contributed by atoms with Crippen molar-refractivity contribution in [3.05, 3.63) is 63.9 Å². The Labute approximate surface area is 172 Å². The summed E-state index contributed by atoms with van der Waals surface area (Å²) in [6.45, 7) is 0. The Morgan fingerprint density at radius 1 is 1.37 bits per heavy atom. The molecule has 2 atom stereocenters. The van der Waals surface area contributed by atoms with E-state index in [-0.39, 0.29) is 23.5 Å². The summed E-state index contributed by atoms with van der Waals surface area (Å²) < 4.78 is 55.0. The van der Waals surface area contributed by atoms with Gasteiger partial charge >= 0.3 is 6.18 Å². The third-order valence-electron chi connectivity index (χ3n) is 5.04. The minimum atomic E-state index is -4.75. The molecule has 11 heteroatoms. The van der Waals surface area contributed by atoms with Crippen LogP contribution in [0.15, 0.2) is 52.8 Å². The van der Waals surface area contributed by atoms with E-state index in [0.717, 1.165) is 16.0 Å². The Bertz CT molecular complexity index is 1090. The molecule has 0 aromatic carbocycles. The van der Waals surface area contributed by atoms with Crippen molar-refractivity contribution in [1.82, 2.24) is 14.9 Å². The van der Waals surface area contributed by atoms with Gasteiger partial charge in [0, 0.05) is 31.4 Å². The maximum Gasteiger partial charge on any atom is 0.433 e. The van der Waals surface area contributed by atoms with Gasteiger partial charge in [-0.05, 0) is 29.3 Å². The van der Waals surface area contributed by atoms with Crippen molar-refractivity contribution in [1.29, 1.82) is 0 Å². The molecule has 0 radical (unpaired) electrons. The molecule has 0 saturated carbocycles. The van der Waals surface area contributed by atoms with E-state index in [4.69, 9.17) is 5.73 Å². The van der Waals surface area contributed by atoms with E-state index in [9.17, 15) is 18.0 Å². The maximum atomic E-state index is 15.2. The van der Waals surface area contributed by atoms with E-state index in [1.807, 2.05) is 0 Å². The van der Waals surface area contributed by atoms with Gasteiger partial charge in [0.25, 0.3) is 5.91 Å². The lowest BCUT2D eigenvalue weighted by Crippen LogP contribution is -2.43. The summed E-state index contributed by atoms with van der Waals surface area (Å²) in [5, 5.41) is 0. The fourth-order valence-corrected chi connectivity index (χ4v) is 4.17. The van der Waals surface area contributed by atoms with E-state index < -0.39 is 29.5 Å². The lowest BCUT2D eigenvalue weighted by atomic mass is 9.77. The summed E-state index contributed by atoms with van der Waals surface area (Å²) in [7, 11) is 1.34. The van der Waals surface area contributed by atoms with Gasteiger partial charge in [0.05, 0.1) is 10.4 Å². The van der Waals surface area contributed by atoms with Crippen LogP contribution in [0.3, 0.4) is 0 Å². The second-order valence-electron chi connectivity index (χ2n) is 6.80. The van der Waals surface area contributed by atoms with E-state index >= 15 is 4.39 Å². The van der Waals surface area contributed by atoms with Crippen LogP contribution >= 0.6 is 11.3 Å². The standard InChI is InChI=1S/C19H15F4N5OS/c1-28-16(29)18(27-17(28)24,11-4-5-26-15(7-11)19(21,22)23)12-6-10(2-3-13(12)20)14-8-25-9-30-14/h2,4-9,13H,3H2,1H3,(H2,24,27). The summed E-state index contributed by atoms with van der Waals surface area (Å²) >= 11 is 1.32. The molecule has 1 aliphatic carbocycles. The Balaban J connectivity index is 1.95. The predicted octanol–water partition coefficient (Wildman–Crippen LogP) is 3.29. The third kappa shape index (κ3) is 3.09. The monoisotopic (exact) mass is 437 g/mol. The summed E-state index contributed by atoms with van der Waals surface area (Å²) in [6, 6.07) is 1.94. The fraction of sp³-hybridized carbons (Fsp3) is 0.263. The van der Waals surface area contributed by atoms with Crippen molar-refractivity contribution < 1.29 is 22.4 Å². The van der Waals surface area contributed by atoms with Crippen LogP contribution < -0.4 is 5.73 Å². The van der Waals surface area contributed by atoms with Gasteiger partial charge in [0.1, 0.15) is 11.9 Å². The molecule has 2 N–H and O–H groups in total. The number of nitrogens with two attached hydrogens (primary N) is 1. The first-order valence-electron chi connectivity index (χ1n) is 8.77. The second kappa shape index (κ2) is 7.01. The molecule has 6 nitrogen and oxygen atoms in total. The van der Waals surface area contributed by atoms with Crippen LogP contribution in [0.2, 0.25) is 0 Å². The molecule has 3 heterocycles. The number of nitrogens with zero attached hydrogens (tertiary/aromatic N) is 4. The van der Waals surface area contributed by atoms with Crippen LogP contribution in [-0.4, -0.2) is 40.0 Å². The van der Waals surface area contributed by atoms with E-state index in [1.54, 1.807) is 17.8 Å². The molecule has 0 saturated heterocycles. The molecule has 1 aliphatic heterocycles. The zero-order valence-corrected chi connectivity index (χ0v) is 16.3. The molecule has 1 amide bonds. The highest BCUT2D eigenvalue weighted by molar-refractivity contribution is 7.10. The topological polar surface area (TPSA) is 84.5 Å². The summed E-state index contributed by atoms with van der Waals surface area (Å²) in [4.78, 5) is 26.5. The van der Waals surface area contributed by atoms with Gasteiger partial charge in [-0.25, -0.2) is 9.38 Å². The van der Waals surface area contributed by atoms with Gasteiger partial charge in [-0.2, -0.15) is 13.2 Å². The quantitative estimate of drug-likeness (QED) is 0.747. The molecule has 2 aliphatic rings. The summed E-state index contributed by atoms with van der Waals surface area (Å²) in [5.74, 6) is -0.953. The number of carbonyl (C=O) groups is 1. The largest absolute Gasteiger partial charge is 0.433 e. The van der Waals surface area contributed by atoms with Crippen molar-refractivity contribution in [2.45, 2.75) is 24.3 Å². The smallest absolute Gasteiger partial charge is 0.369 e. The molecule has 30 heavy (non-hydrogen) atoms. The number of hydrogen-bond acceptors (Lipinski definition) is 6. The lowest BCUT2D eigenvalue weighted by molar-refractivity contribution is -0.141. The molecule has 2 unspecified atom stereocenters. The highest BCUT2D eigenvalue weighted by Gasteiger charge is 2.54. The van der Waals surface area contributed by atoms with Crippen LogP contribution in [0.5, 0.6) is 0 Å². The average Bonchev–Trinajstić information content (AvgIpc) is 3.32. The number of aliphatic imine (C=N–C) groups is 1. The van der Waals surface area contributed by atoms with Gasteiger partial charge in [0.15, 0.2) is 11.5 Å². The van der Waals surface area contributed by atoms with E-state index in [2.05, 4.69) is 15.0 Å². The van der Waals surface area contributed by atoms with Crippen molar-refractivity contribution in [3.63, 3.8) is 0 Å². The van der Waals surface area contributed by atoms with Crippen LogP contribution in [0.1, 0.15) is 22.6 Å². The van der Waals surface area contributed by atoms with Crippen LogP contribution in [0, 0.1) is 0 Å². The van der Waals surface area contributed by atoms with Crippen LogP contribution in [-0.2, 0) is 16.5 Å². The van der Waals surface area contributed by atoms with Crippen LogP contribution in [0.25, 0.3) is 5.57 Å². The lowest BCUT2D eigenvalue weighted by Gasteiger charge is -2.32. The predicted molar refractivity (Wildman–Crippen MR) is 103 cm³/mol. The number of aromatic nitrogens is 2. The van der Waals surface area contributed by atoms with Gasteiger partial charge in [-0.15, -0.1) is 11.3 Å². The maximum absolute atomic E-state index is 15.2. The average molecular weight is 437 g/mol. The zero-order valence-electron chi connectivity index (χ0n) is 15.5. The molecular weight excluding hydrogens is 422 g/mol. The molecule has 0 bridgehead atoms. The Morgan fingerprint density at radius 3 is 2.73 bits per heavy atom. The fourth-order valence-electron chi connectivity index (χ4n) is 3.53. The summed E-state index contributed by atoms with van der Waals surface area (Å²) in [5.41, 5.74) is 4.56. The molecule has 156 valence electrons. The highest BCUT2D eigenvalue weighted by atomic mass is 32.1. The Kier molecular flexibility index (Phi) is 4.72. The SMILES string of the molecule is CN1C(=O)C(C2=CC(c3cncs3)=CCC2F)(c2ccnc(C(F)(F)F)c2)N=C1N. The van der Waals surface area contributed by atoms with E-state index in [0.29, 0.717) is 11.6 Å². The number of rotatable bonds is 3. The number of pyridine rings is 1. The van der Waals surface area contributed by atoms with Gasteiger partial charge in [-0.3, -0.25) is 19.7 Å². The number of halogens is 4. The van der Waals surface area contributed by atoms with Gasteiger partial charge in [-0.1, -0.05) is 6.08 Å². The summed E-state index contributed by atoms with van der Waals surface area (Å²) in [6.07, 6.45) is -0.842. The van der Waals surface area contributed by atoms with E-state index in [1.165, 1.54) is 30.5 Å². The van der Waals surface area contributed by atoms with Crippen molar-refractivity contribution in [3.8, 4) is 0 Å². The number of alkyl halides is 4. The third-order valence-corrected chi connectivity index (χ3v) is 5.86. The molecule has 0 fully saturated rings. The number of hydrogen-bond donors (Lipinski definition) is 1. The number of amides is 1. The van der Waals surface area contributed by atoms with Crippen LogP contribution in [0.4, 0.5) is 17.6 Å². The first kappa shape index (κ1) is 20.2. The Morgan fingerprint density at radius 2 is 2.13 bits per heavy atom. The van der Waals surface area contributed by atoms with Crippen molar-refractivity contribution >= 4 is 28.8 Å². The number of thiazole rings is 1. The normalized spacial score (nSPS) is 24.6. The Hall–Kier alpha value is -3.08. The molecule has 2 aromatic rings. The first-order chi connectivity index (χ1) is 14.1. The minimum Gasteiger partial charge on any atom is -0.369 e. The number of guanidine groups is 1. The molecule has 0 spiro atoms. The first-order valence-corrected chi connectivity index (χ1v) is 9.65. The number of allylic oxidation sites excluding steroid dienone is 3. The molecule has 2 aromatic heterocycles. The second-order valence-corrected chi connectivity index (χ2v) is 7.69. The molecule has 4 rings (SSSR count). The van der Waals surface area contributed by atoms with Crippen molar-refractivity contribution in [2.24, 2.45) is 10.7 Å². The minimum absolute atomic E-state index is 0.0650. The highest BCUT2D eigenvalue weighted by Crippen LogP contribution is 2.46. The number of carbonyl (C=O) groups excluding carboxylic acids is 1. The molecular formula is C19H15F4N5OS. The van der Waals surface area contributed by atoms with Gasteiger partial charge in [0.2, 0.25) is 0 Å².